The van der Waals surface area contributed by atoms with Crippen molar-refractivity contribution in [3.63, 3.8) is 0 Å². The van der Waals surface area contributed by atoms with Crippen molar-refractivity contribution >= 4 is 23.0 Å². The zero-order valence-electron chi connectivity index (χ0n) is 15.2. The highest BCUT2D eigenvalue weighted by molar-refractivity contribution is 6.30. The molecule has 2 aromatic carbocycles. The first-order valence-electron chi connectivity index (χ1n) is 8.83. The number of ketones is 1. The Labute approximate surface area is 166 Å². The second-order valence-electron chi connectivity index (χ2n) is 6.42. The quantitative estimate of drug-likeness (QED) is 0.473. The number of carbonyl (C=O) groups excluding carboxylic acids is 1. The van der Waals surface area contributed by atoms with Crippen molar-refractivity contribution in [2.45, 2.75) is 19.8 Å². The van der Waals surface area contributed by atoms with Crippen LogP contribution in [0.4, 0.5) is 0 Å². The molecule has 140 valence electrons. The van der Waals surface area contributed by atoms with Crippen LogP contribution in [0.3, 0.4) is 0 Å². The molecular weight excluding hydrogens is 376 g/mol. The fourth-order valence-electron chi connectivity index (χ4n) is 2.77. The van der Waals surface area contributed by atoms with E-state index >= 15 is 0 Å². The number of hydrogen-bond donors (Lipinski definition) is 0. The lowest BCUT2D eigenvalue weighted by Gasteiger charge is -2.07. The fourth-order valence-corrected chi connectivity index (χ4v) is 2.90. The molecule has 0 aliphatic carbocycles. The van der Waals surface area contributed by atoms with Crippen LogP contribution in [0.25, 0.3) is 17.0 Å². The molecule has 2 aromatic heterocycles. The summed E-state index contributed by atoms with van der Waals surface area (Å²) in [5.74, 6) is 1.89. The van der Waals surface area contributed by atoms with E-state index in [1.165, 1.54) is 0 Å². The zero-order valence-corrected chi connectivity index (χ0v) is 15.9. The molecule has 0 fully saturated rings. The Hall–Kier alpha value is -3.25. The number of nitrogens with zero attached hydrogens (tertiary/aromatic N) is 4. The molecule has 2 heterocycles. The minimum atomic E-state index is 0.184. The van der Waals surface area contributed by atoms with Crippen molar-refractivity contribution < 1.29 is 9.53 Å². The van der Waals surface area contributed by atoms with Gasteiger partial charge in [0.2, 0.25) is 5.88 Å². The van der Waals surface area contributed by atoms with Crippen molar-refractivity contribution in [3.05, 3.63) is 71.2 Å². The lowest BCUT2D eigenvalue weighted by Crippen LogP contribution is -1.98. The predicted octanol–water partition coefficient (Wildman–Crippen LogP) is 4.76. The maximum atomic E-state index is 11.1. The normalized spacial score (nSPS) is 10.9. The molecule has 0 radical (unpaired) electrons. The molecule has 0 aliphatic rings. The predicted molar refractivity (Wildman–Crippen MR) is 107 cm³/mol. The minimum Gasteiger partial charge on any atom is -0.438 e. The first kappa shape index (κ1) is 18.1. The summed E-state index contributed by atoms with van der Waals surface area (Å²) in [7, 11) is 0. The van der Waals surface area contributed by atoms with E-state index in [0.717, 1.165) is 17.5 Å². The number of benzene rings is 2. The van der Waals surface area contributed by atoms with Gasteiger partial charge in [0.15, 0.2) is 11.5 Å². The van der Waals surface area contributed by atoms with E-state index in [1.807, 2.05) is 36.4 Å². The van der Waals surface area contributed by atoms with Crippen molar-refractivity contribution in [1.82, 2.24) is 19.8 Å². The monoisotopic (exact) mass is 392 g/mol. The van der Waals surface area contributed by atoms with Crippen LogP contribution in [0.2, 0.25) is 5.02 Å². The molecule has 4 rings (SSSR count). The Morgan fingerprint density at radius 1 is 1.00 bits per heavy atom. The van der Waals surface area contributed by atoms with Gasteiger partial charge in [0, 0.05) is 23.1 Å². The summed E-state index contributed by atoms with van der Waals surface area (Å²) >= 11 is 5.96. The number of fused-ring (bicyclic) bond motifs is 1. The molecule has 0 spiro atoms. The molecule has 0 bridgehead atoms. The topological polar surface area (TPSA) is 69.4 Å². The average molecular weight is 393 g/mol. The van der Waals surface area contributed by atoms with E-state index < -0.39 is 0 Å². The molecule has 0 N–H and O–H groups in total. The molecule has 4 aromatic rings. The van der Waals surface area contributed by atoms with Crippen LogP contribution in [-0.2, 0) is 11.2 Å². The number of carbonyl (C=O) groups is 1. The van der Waals surface area contributed by atoms with Gasteiger partial charge >= 0.3 is 0 Å². The number of hydrogen-bond acceptors (Lipinski definition) is 5. The maximum absolute atomic E-state index is 11.1. The van der Waals surface area contributed by atoms with Crippen LogP contribution < -0.4 is 4.74 Å². The zero-order chi connectivity index (χ0) is 19.5. The molecule has 0 amide bonds. The van der Waals surface area contributed by atoms with Gasteiger partial charge in [-0.2, -0.15) is 4.52 Å². The van der Waals surface area contributed by atoms with Crippen LogP contribution in [0.1, 0.15) is 18.9 Å². The summed E-state index contributed by atoms with van der Waals surface area (Å²) in [6, 6.07) is 18.5. The summed E-state index contributed by atoms with van der Waals surface area (Å²) in [5.41, 5.74) is 2.57. The van der Waals surface area contributed by atoms with Gasteiger partial charge in [0.1, 0.15) is 11.5 Å². The summed E-state index contributed by atoms with van der Waals surface area (Å²) in [5, 5.41) is 13.5. The van der Waals surface area contributed by atoms with E-state index in [9.17, 15) is 4.79 Å². The third-order valence-electron chi connectivity index (χ3n) is 4.25. The molecule has 0 saturated carbocycles. The van der Waals surface area contributed by atoms with E-state index in [1.54, 1.807) is 35.7 Å². The molecule has 7 heteroatoms. The number of ether oxygens (including phenoxy) is 1. The first-order valence-corrected chi connectivity index (χ1v) is 9.21. The average Bonchev–Trinajstić information content (AvgIpc) is 3.11. The minimum absolute atomic E-state index is 0.184. The second-order valence-corrected chi connectivity index (χ2v) is 6.86. The number of aromatic nitrogens is 4. The third kappa shape index (κ3) is 4.02. The summed E-state index contributed by atoms with van der Waals surface area (Å²) < 4.78 is 7.51. The van der Waals surface area contributed by atoms with Crippen LogP contribution in [0, 0.1) is 0 Å². The summed E-state index contributed by atoms with van der Waals surface area (Å²) in [6.45, 7) is 1.60. The van der Waals surface area contributed by atoms with E-state index in [0.29, 0.717) is 34.5 Å². The van der Waals surface area contributed by atoms with E-state index in [4.69, 9.17) is 16.3 Å². The smallest absolute Gasteiger partial charge is 0.237 e. The van der Waals surface area contributed by atoms with Crippen molar-refractivity contribution in [2.75, 3.05) is 0 Å². The van der Waals surface area contributed by atoms with Gasteiger partial charge in [-0.1, -0.05) is 23.7 Å². The Bertz CT molecular complexity index is 1120. The van der Waals surface area contributed by atoms with Gasteiger partial charge in [-0.25, -0.2) is 0 Å². The summed E-state index contributed by atoms with van der Waals surface area (Å²) in [4.78, 5) is 11.1. The lowest BCUT2D eigenvalue weighted by molar-refractivity contribution is -0.116. The molecule has 0 atom stereocenters. The van der Waals surface area contributed by atoms with Crippen molar-refractivity contribution in [2.24, 2.45) is 0 Å². The van der Waals surface area contributed by atoms with Crippen LogP contribution >= 0.6 is 11.6 Å². The third-order valence-corrected chi connectivity index (χ3v) is 4.50. The summed E-state index contributed by atoms with van der Waals surface area (Å²) in [6.07, 6.45) is 1.27. The molecule has 0 aliphatic heterocycles. The Morgan fingerprint density at radius 3 is 2.46 bits per heavy atom. The van der Waals surface area contributed by atoms with Crippen molar-refractivity contribution in [3.8, 4) is 23.0 Å². The molecule has 28 heavy (non-hydrogen) atoms. The Kier molecular flexibility index (Phi) is 5.04. The standard InChI is InChI=1S/C21H17ClN4O2/c1-14(27)2-3-15-4-10-18(11-5-15)28-20-13-12-19-23-24-21(26(19)25-20)16-6-8-17(22)9-7-16/h4-13H,2-3H2,1H3. The SMILES string of the molecule is CC(=O)CCc1ccc(Oc2ccc3nnc(-c4ccc(Cl)cc4)n3n2)cc1. The van der Waals surface area contributed by atoms with Crippen LogP contribution in [-0.4, -0.2) is 25.6 Å². The number of aryl methyl sites for hydroxylation is 1. The van der Waals surface area contributed by atoms with E-state index in [2.05, 4.69) is 15.3 Å². The van der Waals surface area contributed by atoms with Crippen LogP contribution in [0.5, 0.6) is 11.6 Å². The van der Waals surface area contributed by atoms with Gasteiger partial charge in [-0.3, -0.25) is 0 Å². The largest absolute Gasteiger partial charge is 0.438 e. The van der Waals surface area contributed by atoms with Gasteiger partial charge in [-0.15, -0.1) is 15.3 Å². The number of halogens is 1. The van der Waals surface area contributed by atoms with Gasteiger partial charge in [-0.05, 0) is 61.4 Å². The molecular formula is C21H17ClN4O2. The van der Waals surface area contributed by atoms with E-state index in [-0.39, 0.29) is 5.78 Å². The first-order chi connectivity index (χ1) is 13.6. The van der Waals surface area contributed by atoms with Crippen LogP contribution in [0.15, 0.2) is 60.7 Å². The Balaban J connectivity index is 1.57. The number of Topliss-reactive ketones (excluding diaryl/α,β-unsaturated/α-hetero) is 1. The van der Waals surface area contributed by atoms with Gasteiger partial charge in [0.05, 0.1) is 0 Å². The second kappa shape index (κ2) is 7.78. The molecule has 0 saturated heterocycles. The highest BCUT2D eigenvalue weighted by atomic mass is 35.5. The molecule has 6 nitrogen and oxygen atoms in total. The van der Waals surface area contributed by atoms with Gasteiger partial charge < -0.3 is 9.53 Å². The number of rotatable bonds is 6. The molecule has 0 unspecified atom stereocenters. The highest BCUT2D eigenvalue weighted by Gasteiger charge is 2.11. The Morgan fingerprint density at radius 2 is 1.75 bits per heavy atom. The van der Waals surface area contributed by atoms with Crippen molar-refractivity contribution in [1.29, 1.82) is 0 Å². The van der Waals surface area contributed by atoms with Gasteiger partial charge in [0.25, 0.3) is 0 Å². The highest BCUT2D eigenvalue weighted by Crippen LogP contribution is 2.24. The maximum Gasteiger partial charge on any atom is 0.237 e. The fraction of sp³-hybridized carbons (Fsp3) is 0.143. The lowest BCUT2D eigenvalue weighted by atomic mass is 10.1.